The van der Waals surface area contributed by atoms with Crippen LogP contribution in [0.5, 0.6) is 0 Å². The second-order valence-corrected chi connectivity index (χ2v) is 8.24. The summed E-state index contributed by atoms with van der Waals surface area (Å²) in [7, 11) is -3.65. The van der Waals surface area contributed by atoms with Crippen LogP contribution in [0.15, 0.2) is 23.1 Å². The molecule has 142 valence electrons. The van der Waals surface area contributed by atoms with E-state index in [1.54, 1.807) is 25.1 Å². The number of carbonyl (C=O) groups excluding carboxylic acids is 1. The number of rotatable bonds is 6. The number of nitrogens with one attached hydrogen (secondary N) is 1. The predicted octanol–water partition coefficient (Wildman–Crippen LogP) is 2.08. The highest BCUT2D eigenvalue weighted by molar-refractivity contribution is 7.89. The molecule has 1 heterocycles. The van der Waals surface area contributed by atoms with Crippen LogP contribution in [0.4, 0.5) is 0 Å². The van der Waals surface area contributed by atoms with Crippen molar-refractivity contribution < 1.29 is 13.2 Å². The Morgan fingerprint density at radius 2 is 2.12 bits per heavy atom. The Morgan fingerprint density at radius 1 is 1.40 bits per heavy atom. The summed E-state index contributed by atoms with van der Waals surface area (Å²) in [4.78, 5) is 11.9. The van der Waals surface area contributed by atoms with Gasteiger partial charge in [-0.2, -0.15) is 4.31 Å². The molecule has 1 aliphatic rings. The van der Waals surface area contributed by atoms with Crippen molar-refractivity contribution in [3.05, 3.63) is 28.8 Å². The first-order valence-electron chi connectivity index (χ1n) is 8.11. The van der Waals surface area contributed by atoms with Gasteiger partial charge in [-0.3, -0.25) is 4.79 Å². The van der Waals surface area contributed by atoms with Gasteiger partial charge in [0, 0.05) is 37.1 Å². The van der Waals surface area contributed by atoms with Gasteiger partial charge in [0.1, 0.15) is 0 Å². The van der Waals surface area contributed by atoms with Gasteiger partial charge in [-0.25, -0.2) is 8.42 Å². The molecular formula is C16H25Cl2N3O3S. The van der Waals surface area contributed by atoms with Crippen molar-refractivity contribution in [2.75, 3.05) is 19.6 Å². The number of hydrogen-bond acceptors (Lipinski definition) is 4. The van der Waals surface area contributed by atoms with Crippen molar-refractivity contribution in [1.29, 1.82) is 0 Å². The number of nitrogens with zero attached hydrogens (tertiary/aromatic N) is 1. The Balaban J connectivity index is 0.00000312. The topological polar surface area (TPSA) is 92.5 Å². The number of nitrogens with two attached hydrogens (primary N) is 1. The van der Waals surface area contributed by atoms with Crippen LogP contribution in [0.25, 0.3) is 0 Å². The number of halogens is 2. The van der Waals surface area contributed by atoms with E-state index in [9.17, 15) is 13.2 Å². The molecule has 0 radical (unpaired) electrons. The monoisotopic (exact) mass is 409 g/mol. The van der Waals surface area contributed by atoms with Crippen molar-refractivity contribution in [1.82, 2.24) is 9.62 Å². The standard InChI is InChI=1S/C16H24ClN3O3S.ClH/c1-12-14(17)6-4-7-15(12)24(22,23)20-10-3-2-5-13(20)11-19-16(21)8-9-18;/h4,6-7,13H,2-3,5,8-11,18H2,1H3,(H,19,21);1H. The van der Waals surface area contributed by atoms with Crippen molar-refractivity contribution in [2.24, 2.45) is 5.73 Å². The highest BCUT2D eigenvalue weighted by Gasteiger charge is 2.34. The molecule has 1 fully saturated rings. The molecule has 3 N–H and O–H groups in total. The highest BCUT2D eigenvalue weighted by Crippen LogP contribution is 2.29. The van der Waals surface area contributed by atoms with Crippen LogP contribution >= 0.6 is 24.0 Å². The highest BCUT2D eigenvalue weighted by atomic mass is 35.5. The SMILES string of the molecule is Cc1c(Cl)cccc1S(=O)(=O)N1CCCCC1CNC(=O)CCN.Cl. The van der Waals surface area contributed by atoms with E-state index in [-0.39, 0.29) is 42.2 Å². The molecule has 0 aliphatic carbocycles. The summed E-state index contributed by atoms with van der Waals surface area (Å²) in [6, 6.07) is 4.65. The van der Waals surface area contributed by atoms with Crippen LogP contribution < -0.4 is 11.1 Å². The number of hydrogen-bond donors (Lipinski definition) is 2. The maximum atomic E-state index is 13.1. The quantitative estimate of drug-likeness (QED) is 0.751. The van der Waals surface area contributed by atoms with Gasteiger partial charge in [-0.05, 0) is 37.5 Å². The van der Waals surface area contributed by atoms with Gasteiger partial charge >= 0.3 is 0 Å². The zero-order chi connectivity index (χ0) is 17.7. The third kappa shape index (κ3) is 5.31. The number of amides is 1. The van der Waals surface area contributed by atoms with Crippen molar-refractivity contribution in [3.8, 4) is 0 Å². The molecule has 1 amide bonds. The Kier molecular flexibility index (Phi) is 8.63. The lowest BCUT2D eigenvalue weighted by atomic mass is 10.1. The second-order valence-electron chi connectivity index (χ2n) is 5.97. The summed E-state index contributed by atoms with van der Waals surface area (Å²) in [6.45, 7) is 2.74. The number of sulfonamides is 1. The Hall–Kier alpha value is -0.860. The van der Waals surface area contributed by atoms with E-state index < -0.39 is 10.0 Å². The fraction of sp³-hybridized carbons (Fsp3) is 0.562. The minimum atomic E-state index is -3.65. The number of benzene rings is 1. The fourth-order valence-corrected chi connectivity index (χ4v) is 5.11. The maximum Gasteiger partial charge on any atom is 0.243 e. The molecule has 25 heavy (non-hydrogen) atoms. The molecule has 9 heteroatoms. The summed E-state index contributed by atoms with van der Waals surface area (Å²) < 4.78 is 27.6. The summed E-state index contributed by atoms with van der Waals surface area (Å²) in [6.07, 6.45) is 2.72. The second kappa shape index (κ2) is 9.73. The molecule has 6 nitrogen and oxygen atoms in total. The molecule has 1 aliphatic heterocycles. The maximum absolute atomic E-state index is 13.1. The lowest BCUT2D eigenvalue weighted by Gasteiger charge is -2.35. The summed E-state index contributed by atoms with van der Waals surface area (Å²) in [5.74, 6) is -0.153. The van der Waals surface area contributed by atoms with Gasteiger partial charge in [-0.1, -0.05) is 24.1 Å². The lowest BCUT2D eigenvalue weighted by molar-refractivity contribution is -0.121. The van der Waals surface area contributed by atoms with E-state index in [1.807, 2.05) is 0 Å². The number of carbonyl (C=O) groups is 1. The first-order chi connectivity index (χ1) is 11.4. The largest absolute Gasteiger partial charge is 0.354 e. The van der Waals surface area contributed by atoms with Crippen molar-refractivity contribution >= 4 is 39.9 Å². The van der Waals surface area contributed by atoms with E-state index in [4.69, 9.17) is 17.3 Å². The van der Waals surface area contributed by atoms with Crippen LogP contribution in [-0.2, 0) is 14.8 Å². The Labute approximate surface area is 160 Å². The van der Waals surface area contributed by atoms with E-state index >= 15 is 0 Å². The van der Waals surface area contributed by atoms with E-state index in [1.165, 1.54) is 4.31 Å². The van der Waals surface area contributed by atoms with Crippen molar-refractivity contribution in [2.45, 2.75) is 43.5 Å². The molecule has 1 aromatic carbocycles. The van der Waals surface area contributed by atoms with Crippen LogP contribution in [-0.4, -0.2) is 44.3 Å². The minimum Gasteiger partial charge on any atom is -0.354 e. The van der Waals surface area contributed by atoms with Crippen LogP contribution in [0.2, 0.25) is 5.02 Å². The van der Waals surface area contributed by atoms with Gasteiger partial charge in [0.2, 0.25) is 15.9 Å². The van der Waals surface area contributed by atoms with Gasteiger partial charge in [-0.15, -0.1) is 12.4 Å². The average molecular weight is 410 g/mol. The smallest absolute Gasteiger partial charge is 0.243 e. The van der Waals surface area contributed by atoms with Gasteiger partial charge in [0.25, 0.3) is 0 Å². The first kappa shape index (κ1) is 22.2. The normalized spacial score (nSPS) is 18.4. The molecule has 1 aromatic rings. The Morgan fingerprint density at radius 3 is 2.80 bits per heavy atom. The molecule has 0 bridgehead atoms. The zero-order valence-electron chi connectivity index (χ0n) is 14.2. The van der Waals surface area contributed by atoms with E-state index in [2.05, 4.69) is 5.32 Å². The minimum absolute atomic E-state index is 0. The van der Waals surface area contributed by atoms with Crippen LogP contribution in [0.1, 0.15) is 31.2 Å². The summed E-state index contributed by atoms with van der Waals surface area (Å²) in [5.41, 5.74) is 5.91. The summed E-state index contributed by atoms with van der Waals surface area (Å²) >= 11 is 6.08. The molecular weight excluding hydrogens is 385 g/mol. The van der Waals surface area contributed by atoms with Gasteiger partial charge < -0.3 is 11.1 Å². The third-order valence-electron chi connectivity index (χ3n) is 4.28. The molecule has 0 aromatic heterocycles. The number of piperidine rings is 1. The first-order valence-corrected chi connectivity index (χ1v) is 9.93. The van der Waals surface area contributed by atoms with Crippen LogP contribution in [0.3, 0.4) is 0 Å². The zero-order valence-corrected chi connectivity index (χ0v) is 16.6. The lowest BCUT2D eigenvalue weighted by Crippen LogP contribution is -2.49. The summed E-state index contributed by atoms with van der Waals surface area (Å²) in [5, 5.41) is 3.21. The van der Waals surface area contributed by atoms with Crippen LogP contribution in [0, 0.1) is 6.92 Å². The molecule has 1 unspecified atom stereocenters. The van der Waals surface area contributed by atoms with E-state index in [0.29, 0.717) is 23.7 Å². The molecule has 0 spiro atoms. The van der Waals surface area contributed by atoms with E-state index in [0.717, 1.165) is 19.3 Å². The van der Waals surface area contributed by atoms with Gasteiger partial charge in [0.05, 0.1) is 4.90 Å². The van der Waals surface area contributed by atoms with Crippen molar-refractivity contribution in [3.63, 3.8) is 0 Å². The fourth-order valence-electron chi connectivity index (χ4n) is 2.94. The molecule has 0 saturated carbocycles. The molecule has 1 atom stereocenters. The third-order valence-corrected chi connectivity index (χ3v) is 6.79. The Bertz CT molecular complexity index is 698. The molecule has 1 saturated heterocycles. The molecule has 2 rings (SSSR count). The average Bonchev–Trinajstić information content (AvgIpc) is 2.56. The predicted molar refractivity (Wildman–Crippen MR) is 102 cm³/mol. The van der Waals surface area contributed by atoms with Gasteiger partial charge in [0.15, 0.2) is 0 Å².